The summed E-state index contributed by atoms with van der Waals surface area (Å²) in [4.78, 5) is 14.6. The molecule has 0 bridgehead atoms. The van der Waals surface area contributed by atoms with E-state index < -0.39 is 0 Å². The van der Waals surface area contributed by atoms with Crippen LogP contribution in [-0.4, -0.2) is 57.4 Å². The first-order chi connectivity index (χ1) is 10.6. The zero-order chi connectivity index (χ0) is 16.5. The molecule has 1 amide bonds. The van der Waals surface area contributed by atoms with Gasteiger partial charge in [-0.1, -0.05) is 6.07 Å². The molecule has 0 heterocycles. The minimum atomic E-state index is -0.263. The maximum absolute atomic E-state index is 12.6. The number of rotatable bonds is 9. The monoisotopic (exact) mass is 310 g/mol. The fraction of sp³-hybridized carbons (Fsp3) is 0.533. The van der Waals surface area contributed by atoms with Crippen molar-refractivity contribution in [2.45, 2.75) is 13.1 Å². The average Bonchev–Trinajstić information content (AvgIpc) is 2.53. The van der Waals surface area contributed by atoms with E-state index in [0.29, 0.717) is 43.2 Å². The maximum Gasteiger partial charge on any atom is 0.260 e. The smallest absolute Gasteiger partial charge is 0.260 e. The third-order valence-corrected chi connectivity index (χ3v) is 3.38. The molecule has 1 rings (SSSR count). The number of benzene rings is 1. The van der Waals surface area contributed by atoms with Crippen LogP contribution in [0.5, 0.6) is 11.5 Å². The summed E-state index contributed by atoms with van der Waals surface area (Å²) in [5, 5.41) is 2.93. The Morgan fingerprint density at radius 1 is 1.18 bits per heavy atom. The molecule has 0 fully saturated rings. The van der Waals surface area contributed by atoms with Crippen LogP contribution in [0.3, 0.4) is 0 Å². The Bertz CT molecular complexity index is 454. The average molecular weight is 310 g/mol. The van der Waals surface area contributed by atoms with Crippen molar-refractivity contribution in [2.75, 3.05) is 40.4 Å². The highest BCUT2D eigenvalue weighted by Crippen LogP contribution is 2.28. The first kappa shape index (κ1) is 18.2. The second-order valence-corrected chi connectivity index (χ2v) is 4.80. The van der Waals surface area contributed by atoms with Crippen LogP contribution in [0.15, 0.2) is 18.2 Å². The minimum Gasteiger partial charge on any atom is -0.496 e. The van der Waals surface area contributed by atoms with Crippen LogP contribution in [0, 0.1) is 0 Å². The minimum absolute atomic E-state index is 0.200. The number of nitrogens with zero attached hydrogens (tertiary/aromatic N) is 1. The Morgan fingerprint density at radius 3 is 2.09 bits per heavy atom. The molecular weight excluding hydrogens is 284 g/mol. The number of carbonyl (C=O) groups is 1. The molecule has 0 saturated heterocycles. The van der Waals surface area contributed by atoms with Crippen LogP contribution in [0.2, 0.25) is 0 Å². The largest absolute Gasteiger partial charge is 0.496 e. The van der Waals surface area contributed by atoms with E-state index >= 15 is 0 Å². The van der Waals surface area contributed by atoms with Crippen molar-refractivity contribution >= 4 is 5.91 Å². The van der Waals surface area contributed by atoms with Crippen molar-refractivity contribution in [3.63, 3.8) is 0 Å². The number of methoxy groups -OCH3 is 2. The number of carbonyl (C=O) groups excluding carboxylic acids is 1. The number of hydrogen-bond donors (Lipinski definition) is 3. The number of nitrogens with two attached hydrogens (primary N) is 2. The molecule has 7 heteroatoms. The van der Waals surface area contributed by atoms with Crippen LogP contribution in [-0.2, 0) is 0 Å². The van der Waals surface area contributed by atoms with Crippen LogP contribution in [0.25, 0.3) is 0 Å². The lowest BCUT2D eigenvalue weighted by molar-refractivity contribution is 0.0864. The van der Waals surface area contributed by atoms with Gasteiger partial charge in [0, 0.05) is 26.2 Å². The lowest BCUT2D eigenvalue weighted by atomic mass is 10.1. The predicted molar refractivity (Wildman–Crippen MR) is 86.2 cm³/mol. The quantitative estimate of drug-likeness (QED) is 0.555. The number of ether oxygens (including phenoxy) is 2. The Kier molecular flexibility index (Phi) is 7.65. The Labute approximate surface area is 131 Å². The van der Waals surface area contributed by atoms with Gasteiger partial charge < -0.3 is 26.3 Å². The van der Waals surface area contributed by atoms with E-state index in [9.17, 15) is 4.79 Å². The molecule has 0 aliphatic carbocycles. The number of nitrogens with one attached hydrogen (secondary N) is 1. The van der Waals surface area contributed by atoms with Gasteiger partial charge >= 0.3 is 0 Å². The van der Waals surface area contributed by atoms with E-state index in [-0.39, 0.29) is 12.1 Å². The molecule has 0 aromatic heterocycles. The fourth-order valence-electron chi connectivity index (χ4n) is 2.26. The van der Waals surface area contributed by atoms with Crippen molar-refractivity contribution in [1.29, 1.82) is 0 Å². The molecule has 0 saturated carbocycles. The third kappa shape index (κ3) is 4.59. The summed E-state index contributed by atoms with van der Waals surface area (Å²) in [5.41, 5.74) is 11.6. The lowest BCUT2D eigenvalue weighted by Gasteiger charge is -2.29. The van der Waals surface area contributed by atoms with E-state index in [1.54, 1.807) is 18.2 Å². The van der Waals surface area contributed by atoms with Gasteiger partial charge in [0.25, 0.3) is 5.91 Å². The van der Waals surface area contributed by atoms with Gasteiger partial charge in [0.15, 0.2) is 0 Å². The molecular formula is C15H26N4O3. The molecule has 0 aliphatic rings. The summed E-state index contributed by atoms with van der Waals surface area (Å²) in [7, 11) is 3.04. The van der Waals surface area contributed by atoms with Gasteiger partial charge in [-0.3, -0.25) is 9.69 Å². The van der Waals surface area contributed by atoms with Crippen LogP contribution < -0.4 is 26.3 Å². The van der Waals surface area contributed by atoms with Gasteiger partial charge in [0.05, 0.1) is 20.4 Å². The maximum atomic E-state index is 12.6. The van der Waals surface area contributed by atoms with Crippen molar-refractivity contribution in [3.8, 4) is 11.5 Å². The van der Waals surface area contributed by atoms with Gasteiger partial charge in [-0.05, 0) is 19.1 Å². The summed E-state index contributed by atoms with van der Waals surface area (Å²) >= 11 is 0. The summed E-state index contributed by atoms with van der Waals surface area (Å²) in [5.74, 6) is 0.669. The molecule has 7 nitrogen and oxygen atoms in total. The van der Waals surface area contributed by atoms with Gasteiger partial charge in [0.2, 0.25) is 0 Å². The fourth-order valence-corrected chi connectivity index (χ4v) is 2.26. The summed E-state index contributed by atoms with van der Waals surface area (Å²) in [6.07, 6.45) is -0.200. The molecule has 5 N–H and O–H groups in total. The Morgan fingerprint density at radius 2 is 1.68 bits per heavy atom. The molecule has 0 aliphatic heterocycles. The van der Waals surface area contributed by atoms with E-state index in [1.165, 1.54) is 14.2 Å². The Balaban J connectivity index is 2.92. The van der Waals surface area contributed by atoms with Gasteiger partial charge in [-0.15, -0.1) is 0 Å². The van der Waals surface area contributed by atoms with Crippen LogP contribution in [0.4, 0.5) is 0 Å². The van der Waals surface area contributed by atoms with Crippen molar-refractivity contribution < 1.29 is 14.3 Å². The number of amides is 1. The van der Waals surface area contributed by atoms with Gasteiger partial charge in [0.1, 0.15) is 17.1 Å². The molecule has 1 aromatic rings. The topological polar surface area (TPSA) is 103 Å². The van der Waals surface area contributed by atoms with E-state index in [0.717, 1.165) is 0 Å². The normalized spacial score (nSPS) is 12.1. The zero-order valence-corrected chi connectivity index (χ0v) is 13.5. The molecule has 22 heavy (non-hydrogen) atoms. The highest BCUT2D eigenvalue weighted by molar-refractivity contribution is 5.99. The van der Waals surface area contributed by atoms with E-state index in [4.69, 9.17) is 20.9 Å². The molecule has 1 atom stereocenters. The molecule has 0 spiro atoms. The highest BCUT2D eigenvalue weighted by atomic mass is 16.5. The predicted octanol–water partition coefficient (Wildman–Crippen LogP) is -0.001000. The standard InChI is InChI=1S/C15H26N4O3/c1-11(19(9-7-16)10-8-17)18-15(20)14-12(21-2)5-4-6-13(14)22-3/h4-6,11H,7-10,16-17H2,1-3H3,(H,18,20). The summed E-state index contributed by atoms with van der Waals surface area (Å²) in [6, 6.07) is 5.21. The SMILES string of the molecule is COc1cccc(OC)c1C(=O)NC(C)N(CCN)CCN. The summed E-state index contributed by atoms with van der Waals surface area (Å²) in [6.45, 7) is 4.20. The van der Waals surface area contributed by atoms with Crippen LogP contribution in [0.1, 0.15) is 17.3 Å². The number of hydrogen-bond acceptors (Lipinski definition) is 6. The van der Waals surface area contributed by atoms with Crippen LogP contribution >= 0.6 is 0 Å². The lowest BCUT2D eigenvalue weighted by Crippen LogP contribution is -2.49. The van der Waals surface area contributed by atoms with Crippen molar-refractivity contribution in [2.24, 2.45) is 11.5 Å². The van der Waals surface area contributed by atoms with Gasteiger partial charge in [-0.25, -0.2) is 0 Å². The first-order valence-corrected chi connectivity index (χ1v) is 7.25. The first-order valence-electron chi connectivity index (χ1n) is 7.25. The Hall–Kier alpha value is -1.83. The molecule has 1 aromatic carbocycles. The second kappa shape index (κ2) is 9.24. The van der Waals surface area contributed by atoms with E-state index in [2.05, 4.69) is 5.32 Å². The highest BCUT2D eigenvalue weighted by Gasteiger charge is 2.21. The molecule has 0 radical (unpaired) electrons. The molecule has 1 unspecified atom stereocenters. The molecule has 124 valence electrons. The zero-order valence-electron chi connectivity index (χ0n) is 13.5. The summed E-state index contributed by atoms with van der Waals surface area (Å²) < 4.78 is 10.5. The van der Waals surface area contributed by atoms with Crippen molar-refractivity contribution in [3.05, 3.63) is 23.8 Å². The second-order valence-electron chi connectivity index (χ2n) is 4.80. The third-order valence-electron chi connectivity index (χ3n) is 3.38. The van der Waals surface area contributed by atoms with E-state index in [1.807, 2.05) is 11.8 Å². The van der Waals surface area contributed by atoms with Crippen molar-refractivity contribution in [1.82, 2.24) is 10.2 Å². The van der Waals surface area contributed by atoms with Gasteiger partial charge in [-0.2, -0.15) is 0 Å².